The molecular weight excluding hydrogens is 212 g/mol. The first-order valence-corrected chi connectivity index (χ1v) is 6.12. The Balaban J connectivity index is 2.19. The number of ether oxygens (including phenoxy) is 1. The molecule has 3 nitrogen and oxygen atoms in total. The van der Waals surface area contributed by atoms with Gasteiger partial charge >= 0.3 is 0 Å². The standard InChI is InChI=1S/C14H18N2O/c1-13(2)7-8-14(9-17-12(15)16-14)11-6-4-3-5-10(11)13/h3-6H,7-9H2,1-2H3,(H2,15,16). The van der Waals surface area contributed by atoms with Crippen LogP contribution in [0.4, 0.5) is 0 Å². The van der Waals surface area contributed by atoms with Gasteiger partial charge < -0.3 is 10.5 Å². The van der Waals surface area contributed by atoms with Crippen LogP contribution in [0.1, 0.15) is 37.8 Å². The van der Waals surface area contributed by atoms with E-state index >= 15 is 0 Å². The predicted octanol–water partition coefficient (Wildman–Crippen LogP) is 2.30. The second kappa shape index (κ2) is 3.25. The summed E-state index contributed by atoms with van der Waals surface area (Å²) in [5, 5.41) is 0. The largest absolute Gasteiger partial charge is 0.462 e. The molecule has 1 spiro atoms. The van der Waals surface area contributed by atoms with Crippen molar-refractivity contribution in [1.82, 2.24) is 0 Å². The molecule has 0 saturated heterocycles. The lowest BCUT2D eigenvalue weighted by Crippen LogP contribution is -2.37. The molecule has 3 heteroatoms. The molecule has 2 N–H and O–H groups in total. The van der Waals surface area contributed by atoms with Gasteiger partial charge in [-0.15, -0.1) is 0 Å². The van der Waals surface area contributed by atoms with Crippen LogP contribution in [0, 0.1) is 0 Å². The lowest BCUT2D eigenvalue weighted by molar-refractivity contribution is 0.213. The third kappa shape index (κ3) is 1.45. The number of benzene rings is 1. The Hall–Kier alpha value is -1.51. The van der Waals surface area contributed by atoms with E-state index in [0.717, 1.165) is 12.8 Å². The fraction of sp³-hybridized carbons (Fsp3) is 0.500. The molecule has 0 saturated carbocycles. The number of rotatable bonds is 0. The molecule has 1 aromatic carbocycles. The van der Waals surface area contributed by atoms with E-state index in [1.807, 2.05) is 0 Å². The molecule has 0 fully saturated rings. The summed E-state index contributed by atoms with van der Waals surface area (Å²) in [6.07, 6.45) is 2.13. The predicted molar refractivity (Wildman–Crippen MR) is 68.0 cm³/mol. The highest BCUT2D eigenvalue weighted by atomic mass is 16.5. The van der Waals surface area contributed by atoms with Crippen molar-refractivity contribution >= 4 is 6.02 Å². The van der Waals surface area contributed by atoms with Crippen LogP contribution in [0.3, 0.4) is 0 Å². The van der Waals surface area contributed by atoms with Crippen molar-refractivity contribution in [3.05, 3.63) is 35.4 Å². The van der Waals surface area contributed by atoms with Gasteiger partial charge in [0, 0.05) is 0 Å². The average molecular weight is 230 g/mol. The Labute approximate surface area is 102 Å². The minimum Gasteiger partial charge on any atom is -0.462 e. The number of hydrogen-bond donors (Lipinski definition) is 1. The minimum absolute atomic E-state index is 0.217. The van der Waals surface area contributed by atoms with Gasteiger partial charge in [0.15, 0.2) is 0 Å². The third-order valence-corrected chi connectivity index (χ3v) is 4.10. The summed E-state index contributed by atoms with van der Waals surface area (Å²) >= 11 is 0. The SMILES string of the molecule is CC1(C)CCC2(COC(N)=N2)c2ccccc21. The Morgan fingerprint density at radius 1 is 1.18 bits per heavy atom. The fourth-order valence-corrected chi connectivity index (χ4v) is 3.00. The highest BCUT2D eigenvalue weighted by Crippen LogP contribution is 2.48. The number of aliphatic imine (C=N–C) groups is 1. The number of amidine groups is 1. The Morgan fingerprint density at radius 2 is 1.88 bits per heavy atom. The van der Waals surface area contributed by atoms with Crippen molar-refractivity contribution in [2.75, 3.05) is 6.61 Å². The molecule has 1 atom stereocenters. The zero-order chi connectivity index (χ0) is 12.1. The second-order valence-electron chi connectivity index (χ2n) is 5.70. The fourth-order valence-electron chi connectivity index (χ4n) is 3.00. The molecule has 0 bridgehead atoms. The van der Waals surface area contributed by atoms with Gasteiger partial charge in [0.2, 0.25) is 0 Å². The maximum atomic E-state index is 5.69. The van der Waals surface area contributed by atoms with Crippen LogP contribution < -0.4 is 5.73 Å². The van der Waals surface area contributed by atoms with Crippen LogP contribution >= 0.6 is 0 Å². The monoisotopic (exact) mass is 230 g/mol. The van der Waals surface area contributed by atoms with Crippen LogP contribution in [0.5, 0.6) is 0 Å². The molecule has 90 valence electrons. The van der Waals surface area contributed by atoms with Gasteiger partial charge in [-0.2, -0.15) is 0 Å². The molecule has 2 aliphatic rings. The van der Waals surface area contributed by atoms with Crippen LogP contribution in [0.2, 0.25) is 0 Å². The molecule has 0 aromatic heterocycles. The van der Waals surface area contributed by atoms with Crippen LogP contribution in [-0.2, 0) is 15.7 Å². The normalized spacial score (nSPS) is 29.6. The molecule has 1 aromatic rings. The van der Waals surface area contributed by atoms with Gasteiger partial charge in [-0.05, 0) is 29.4 Å². The molecule has 17 heavy (non-hydrogen) atoms. The molecule has 1 aliphatic heterocycles. The molecule has 1 unspecified atom stereocenters. The molecular formula is C14H18N2O. The average Bonchev–Trinajstić information content (AvgIpc) is 2.69. The third-order valence-electron chi connectivity index (χ3n) is 4.10. The molecule has 0 amide bonds. The van der Waals surface area contributed by atoms with Crippen LogP contribution in [0.25, 0.3) is 0 Å². The van der Waals surface area contributed by atoms with Crippen molar-refractivity contribution in [2.45, 2.75) is 37.6 Å². The molecule has 1 aliphatic carbocycles. The maximum absolute atomic E-state index is 5.69. The Morgan fingerprint density at radius 3 is 2.53 bits per heavy atom. The Kier molecular flexibility index (Phi) is 2.03. The van der Waals surface area contributed by atoms with E-state index in [0.29, 0.717) is 12.6 Å². The zero-order valence-electron chi connectivity index (χ0n) is 10.4. The van der Waals surface area contributed by atoms with Gasteiger partial charge in [-0.1, -0.05) is 38.1 Å². The molecule has 1 heterocycles. The first-order chi connectivity index (χ1) is 8.04. The topological polar surface area (TPSA) is 47.6 Å². The molecule has 0 radical (unpaired) electrons. The molecule has 3 rings (SSSR count). The second-order valence-corrected chi connectivity index (χ2v) is 5.70. The number of hydrogen-bond acceptors (Lipinski definition) is 3. The zero-order valence-corrected chi connectivity index (χ0v) is 10.4. The van der Waals surface area contributed by atoms with Gasteiger partial charge in [0.25, 0.3) is 6.02 Å². The van der Waals surface area contributed by atoms with E-state index in [4.69, 9.17) is 10.5 Å². The van der Waals surface area contributed by atoms with Crippen LogP contribution in [-0.4, -0.2) is 12.6 Å². The summed E-state index contributed by atoms with van der Waals surface area (Å²) in [5.74, 6) is 0. The highest BCUT2D eigenvalue weighted by molar-refractivity contribution is 5.74. The quantitative estimate of drug-likeness (QED) is 0.743. The maximum Gasteiger partial charge on any atom is 0.283 e. The van der Waals surface area contributed by atoms with Crippen molar-refractivity contribution in [3.8, 4) is 0 Å². The van der Waals surface area contributed by atoms with Crippen molar-refractivity contribution < 1.29 is 4.74 Å². The first-order valence-electron chi connectivity index (χ1n) is 6.12. The van der Waals surface area contributed by atoms with Gasteiger partial charge in [0.05, 0.1) is 0 Å². The van der Waals surface area contributed by atoms with E-state index in [9.17, 15) is 0 Å². The lowest BCUT2D eigenvalue weighted by Gasteiger charge is -2.40. The summed E-state index contributed by atoms with van der Waals surface area (Å²) in [6.45, 7) is 5.18. The smallest absolute Gasteiger partial charge is 0.283 e. The Bertz CT molecular complexity index is 493. The summed E-state index contributed by atoms with van der Waals surface area (Å²) in [7, 11) is 0. The first kappa shape index (κ1) is 10.6. The van der Waals surface area contributed by atoms with E-state index in [2.05, 4.69) is 43.1 Å². The number of fused-ring (bicyclic) bond motifs is 2. The van der Waals surface area contributed by atoms with Crippen molar-refractivity contribution in [1.29, 1.82) is 0 Å². The van der Waals surface area contributed by atoms with Crippen molar-refractivity contribution in [3.63, 3.8) is 0 Å². The van der Waals surface area contributed by atoms with E-state index < -0.39 is 0 Å². The van der Waals surface area contributed by atoms with E-state index in [-0.39, 0.29) is 11.0 Å². The number of nitrogens with zero attached hydrogens (tertiary/aromatic N) is 1. The van der Waals surface area contributed by atoms with E-state index in [1.165, 1.54) is 11.1 Å². The van der Waals surface area contributed by atoms with Crippen LogP contribution in [0.15, 0.2) is 29.3 Å². The van der Waals surface area contributed by atoms with E-state index in [1.54, 1.807) is 0 Å². The van der Waals surface area contributed by atoms with Gasteiger partial charge in [0.1, 0.15) is 12.1 Å². The lowest BCUT2D eigenvalue weighted by atomic mass is 9.66. The van der Waals surface area contributed by atoms with Gasteiger partial charge in [-0.3, -0.25) is 0 Å². The van der Waals surface area contributed by atoms with Gasteiger partial charge in [-0.25, -0.2) is 4.99 Å². The summed E-state index contributed by atoms with van der Waals surface area (Å²) in [5.41, 5.74) is 8.36. The highest BCUT2D eigenvalue weighted by Gasteiger charge is 2.45. The summed E-state index contributed by atoms with van der Waals surface area (Å²) in [6, 6.07) is 8.88. The number of nitrogens with two attached hydrogens (primary N) is 1. The summed E-state index contributed by atoms with van der Waals surface area (Å²) in [4.78, 5) is 4.56. The van der Waals surface area contributed by atoms with Crippen molar-refractivity contribution in [2.24, 2.45) is 10.7 Å². The minimum atomic E-state index is -0.226. The summed E-state index contributed by atoms with van der Waals surface area (Å²) < 4.78 is 5.40.